The smallest absolute Gasteiger partial charge is 0.262 e. The largest absolute Gasteiger partial charge is 0.374 e. The minimum Gasteiger partial charge on any atom is -0.374 e. The molecule has 2 rings (SSSR count). The molecular weight excluding hydrogens is 324 g/mol. The molecule has 0 aliphatic rings. The third-order valence-corrected chi connectivity index (χ3v) is 4.24. The van der Waals surface area contributed by atoms with Crippen LogP contribution in [0.15, 0.2) is 53.6 Å². The third kappa shape index (κ3) is 5.62. The van der Waals surface area contributed by atoms with Crippen LogP contribution in [0.5, 0.6) is 0 Å². The maximum atomic E-state index is 12.1. The van der Waals surface area contributed by atoms with Crippen molar-refractivity contribution < 1.29 is 4.79 Å². The Hall–Kier alpha value is -2.82. The van der Waals surface area contributed by atoms with E-state index in [-0.39, 0.29) is 11.9 Å². The van der Waals surface area contributed by atoms with Crippen molar-refractivity contribution in [2.45, 2.75) is 33.7 Å². The number of hydrazone groups is 1. The van der Waals surface area contributed by atoms with E-state index in [4.69, 9.17) is 0 Å². The van der Waals surface area contributed by atoms with Gasteiger partial charge in [0.15, 0.2) is 0 Å². The van der Waals surface area contributed by atoms with Gasteiger partial charge in [0.25, 0.3) is 5.91 Å². The SMILES string of the molecule is CCN(CC)c1ccc(C=NNC(=O)C(C)Nc2ccc(C)cc2)cc1. The number of hydrogen-bond donors (Lipinski definition) is 2. The topological polar surface area (TPSA) is 56.7 Å². The fourth-order valence-electron chi connectivity index (χ4n) is 2.59. The van der Waals surface area contributed by atoms with E-state index >= 15 is 0 Å². The second-order valence-corrected chi connectivity index (χ2v) is 6.23. The zero-order valence-electron chi connectivity index (χ0n) is 16.0. The molecule has 1 amide bonds. The van der Waals surface area contributed by atoms with Crippen molar-refractivity contribution in [3.8, 4) is 0 Å². The first-order valence-corrected chi connectivity index (χ1v) is 9.04. The molecule has 5 nitrogen and oxygen atoms in total. The molecule has 0 fully saturated rings. The summed E-state index contributed by atoms with van der Waals surface area (Å²) in [4.78, 5) is 14.4. The molecule has 2 aromatic rings. The maximum absolute atomic E-state index is 12.1. The van der Waals surface area contributed by atoms with E-state index in [0.29, 0.717) is 0 Å². The van der Waals surface area contributed by atoms with E-state index in [1.54, 1.807) is 6.21 Å². The molecule has 0 saturated heterocycles. The van der Waals surface area contributed by atoms with E-state index in [0.717, 1.165) is 24.3 Å². The highest BCUT2D eigenvalue weighted by molar-refractivity contribution is 5.86. The standard InChI is InChI=1S/C21H28N4O/c1-5-25(6-2)20-13-9-18(10-14-20)15-22-24-21(26)17(4)23-19-11-7-16(3)8-12-19/h7-15,17,23H,5-6H2,1-4H3,(H,24,26). The fourth-order valence-corrected chi connectivity index (χ4v) is 2.59. The van der Waals surface area contributed by atoms with Crippen LogP contribution < -0.4 is 15.6 Å². The van der Waals surface area contributed by atoms with Gasteiger partial charge in [-0.15, -0.1) is 0 Å². The Bertz CT molecular complexity index is 719. The van der Waals surface area contributed by atoms with Crippen LogP contribution in [-0.4, -0.2) is 31.3 Å². The molecule has 0 heterocycles. The van der Waals surface area contributed by atoms with Crippen LogP contribution in [0, 0.1) is 6.92 Å². The molecule has 1 atom stereocenters. The van der Waals surface area contributed by atoms with Crippen molar-refractivity contribution in [3.63, 3.8) is 0 Å². The Morgan fingerprint density at radius 2 is 1.69 bits per heavy atom. The number of carbonyl (C=O) groups is 1. The van der Waals surface area contributed by atoms with Gasteiger partial charge in [0, 0.05) is 24.5 Å². The quantitative estimate of drug-likeness (QED) is 0.561. The minimum atomic E-state index is -0.375. The number of anilines is 2. The molecule has 0 aromatic heterocycles. The van der Waals surface area contributed by atoms with Gasteiger partial charge in [-0.05, 0) is 57.5 Å². The number of nitrogens with one attached hydrogen (secondary N) is 2. The fraction of sp³-hybridized carbons (Fsp3) is 0.333. The first kappa shape index (κ1) is 19.5. The van der Waals surface area contributed by atoms with Gasteiger partial charge >= 0.3 is 0 Å². The summed E-state index contributed by atoms with van der Waals surface area (Å²) in [6.07, 6.45) is 1.66. The molecule has 2 N–H and O–H groups in total. The lowest BCUT2D eigenvalue weighted by atomic mass is 10.2. The van der Waals surface area contributed by atoms with Crippen molar-refractivity contribution in [1.29, 1.82) is 0 Å². The number of amides is 1. The number of hydrogen-bond acceptors (Lipinski definition) is 4. The number of aryl methyl sites for hydroxylation is 1. The maximum Gasteiger partial charge on any atom is 0.262 e. The Labute approximate surface area is 156 Å². The number of nitrogens with zero attached hydrogens (tertiary/aromatic N) is 2. The average molecular weight is 352 g/mol. The van der Waals surface area contributed by atoms with E-state index < -0.39 is 0 Å². The molecule has 138 valence electrons. The van der Waals surface area contributed by atoms with Gasteiger partial charge in [-0.25, -0.2) is 5.43 Å². The second kappa shape index (κ2) is 9.61. The number of benzene rings is 2. The molecule has 0 saturated carbocycles. The normalized spacial score (nSPS) is 12.0. The zero-order valence-corrected chi connectivity index (χ0v) is 16.0. The Morgan fingerprint density at radius 3 is 2.27 bits per heavy atom. The molecule has 0 radical (unpaired) electrons. The lowest BCUT2D eigenvalue weighted by Crippen LogP contribution is -2.34. The van der Waals surface area contributed by atoms with Gasteiger partial charge in [0.2, 0.25) is 0 Å². The van der Waals surface area contributed by atoms with Crippen molar-refractivity contribution in [2.24, 2.45) is 5.10 Å². The average Bonchev–Trinajstić information content (AvgIpc) is 2.65. The van der Waals surface area contributed by atoms with Crippen LogP contribution in [0.1, 0.15) is 31.9 Å². The third-order valence-electron chi connectivity index (χ3n) is 4.24. The summed E-state index contributed by atoms with van der Waals surface area (Å²) in [5.41, 5.74) is 6.81. The monoisotopic (exact) mass is 352 g/mol. The van der Waals surface area contributed by atoms with Crippen molar-refractivity contribution in [1.82, 2.24) is 5.43 Å². The summed E-state index contributed by atoms with van der Waals surface area (Å²) < 4.78 is 0. The van der Waals surface area contributed by atoms with E-state index in [1.165, 1.54) is 11.3 Å². The van der Waals surface area contributed by atoms with Crippen LogP contribution in [0.4, 0.5) is 11.4 Å². The van der Waals surface area contributed by atoms with Crippen molar-refractivity contribution >= 4 is 23.5 Å². The first-order chi connectivity index (χ1) is 12.5. The van der Waals surface area contributed by atoms with Crippen molar-refractivity contribution in [3.05, 3.63) is 59.7 Å². The van der Waals surface area contributed by atoms with Crippen LogP contribution in [-0.2, 0) is 4.79 Å². The number of rotatable bonds is 8. The van der Waals surface area contributed by atoms with Gasteiger partial charge in [-0.2, -0.15) is 5.10 Å². The predicted molar refractivity (Wildman–Crippen MR) is 110 cm³/mol. The summed E-state index contributed by atoms with van der Waals surface area (Å²) >= 11 is 0. The first-order valence-electron chi connectivity index (χ1n) is 9.04. The van der Waals surface area contributed by atoms with E-state index in [2.05, 4.69) is 46.7 Å². The molecule has 0 bridgehead atoms. The predicted octanol–water partition coefficient (Wildman–Crippen LogP) is 3.79. The van der Waals surface area contributed by atoms with Crippen molar-refractivity contribution in [2.75, 3.05) is 23.3 Å². The lowest BCUT2D eigenvalue weighted by Gasteiger charge is -2.20. The summed E-state index contributed by atoms with van der Waals surface area (Å²) in [5, 5.41) is 7.21. The summed E-state index contributed by atoms with van der Waals surface area (Å²) in [6, 6.07) is 15.7. The van der Waals surface area contributed by atoms with Gasteiger partial charge in [0.1, 0.15) is 6.04 Å². The van der Waals surface area contributed by atoms with Crippen LogP contribution in [0.25, 0.3) is 0 Å². The molecule has 5 heteroatoms. The van der Waals surface area contributed by atoms with Gasteiger partial charge in [-0.1, -0.05) is 29.8 Å². The molecule has 0 spiro atoms. The molecule has 0 aliphatic heterocycles. The molecule has 2 aromatic carbocycles. The second-order valence-electron chi connectivity index (χ2n) is 6.23. The molecule has 1 unspecified atom stereocenters. The van der Waals surface area contributed by atoms with Gasteiger partial charge in [-0.3, -0.25) is 4.79 Å². The van der Waals surface area contributed by atoms with E-state index in [9.17, 15) is 4.79 Å². The highest BCUT2D eigenvalue weighted by Gasteiger charge is 2.11. The Balaban J connectivity index is 1.86. The lowest BCUT2D eigenvalue weighted by molar-refractivity contribution is -0.121. The van der Waals surface area contributed by atoms with Crippen LogP contribution >= 0.6 is 0 Å². The van der Waals surface area contributed by atoms with E-state index in [1.807, 2.05) is 50.2 Å². The highest BCUT2D eigenvalue weighted by Crippen LogP contribution is 2.14. The summed E-state index contributed by atoms with van der Waals surface area (Å²) in [6.45, 7) is 10.1. The molecular formula is C21H28N4O. The van der Waals surface area contributed by atoms with Gasteiger partial charge in [0.05, 0.1) is 6.21 Å². The Kier molecular flexibility index (Phi) is 7.21. The summed E-state index contributed by atoms with van der Waals surface area (Å²) in [7, 11) is 0. The summed E-state index contributed by atoms with van der Waals surface area (Å²) in [5.74, 6) is -0.179. The molecule has 26 heavy (non-hydrogen) atoms. The molecule has 0 aliphatic carbocycles. The van der Waals surface area contributed by atoms with Crippen LogP contribution in [0.3, 0.4) is 0 Å². The highest BCUT2D eigenvalue weighted by atomic mass is 16.2. The number of carbonyl (C=O) groups excluding carboxylic acids is 1. The van der Waals surface area contributed by atoms with Gasteiger partial charge < -0.3 is 10.2 Å². The Morgan fingerprint density at radius 1 is 1.08 bits per heavy atom. The van der Waals surface area contributed by atoms with Crippen LogP contribution in [0.2, 0.25) is 0 Å². The minimum absolute atomic E-state index is 0.179. The zero-order chi connectivity index (χ0) is 18.9.